The van der Waals surface area contributed by atoms with E-state index >= 15 is 0 Å². The van der Waals surface area contributed by atoms with E-state index < -0.39 is 11.9 Å². The van der Waals surface area contributed by atoms with E-state index in [1.807, 2.05) is 22.6 Å². The van der Waals surface area contributed by atoms with Crippen LogP contribution in [-0.2, 0) is 16.0 Å². The van der Waals surface area contributed by atoms with Gasteiger partial charge >= 0.3 is 0 Å². The van der Waals surface area contributed by atoms with E-state index in [2.05, 4.69) is 15.8 Å². The lowest BCUT2D eigenvalue weighted by molar-refractivity contribution is -0.128. The molecule has 1 unspecified atom stereocenters. The molecule has 2 aromatic rings. The third kappa shape index (κ3) is 6.63. The Hall–Kier alpha value is -2.82. The Balaban J connectivity index is 1.87. The van der Waals surface area contributed by atoms with Gasteiger partial charge in [0.2, 0.25) is 5.91 Å². The lowest BCUT2D eigenvalue weighted by atomic mass is 10.1. The van der Waals surface area contributed by atoms with Crippen molar-refractivity contribution in [3.63, 3.8) is 0 Å². The first-order chi connectivity index (χ1) is 13.8. The van der Waals surface area contributed by atoms with E-state index in [0.29, 0.717) is 20.6 Å². The van der Waals surface area contributed by atoms with E-state index in [0.717, 1.165) is 5.56 Å². The van der Waals surface area contributed by atoms with Crippen LogP contribution in [0, 0.1) is 3.57 Å². The average Bonchev–Trinajstić information content (AvgIpc) is 2.70. The number of hydrazone groups is 1. The number of amides is 2. The largest absolute Gasteiger partial charge is 0.504 e. The summed E-state index contributed by atoms with van der Waals surface area (Å²) in [6.45, 7) is 1.57. The fourth-order valence-electron chi connectivity index (χ4n) is 2.38. The second-order valence-electron chi connectivity index (χ2n) is 6.10. The molecule has 3 N–H and O–H groups in total. The van der Waals surface area contributed by atoms with Gasteiger partial charge in [0.15, 0.2) is 11.5 Å². The third-order valence-corrected chi connectivity index (χ3v) is 4.78. The van der Waals surface area contributed by atoms with Crippen molar-refractivity contribution in [2.45, 2.75) is 19.4 Å². The number of hydrogen-bond donors (Lipinski definition) is 3. The van der Waals surface area contributed by atoms with E-state index in [1.165, 1.54) is 13.3 Å². The van der Waals surface area contributed by atoms with Gasteiger partial charge in [-0.05, 0) is 64.9 Å². The predicted molar refractivity (Wildman–Crippen MR) is 117 cm³/mol. The molecule has 29 heavy (non-hydrogen) atoms. The average molecular weight is 511 g/mol. The van der Waals surface area contributed by atoms with Crippen molar-refractivity contribution in [1.82, 2.24) is 10.7 Å². The molecule has 0 saturated heterocycles. The van der Waals surface area contributed by atoms with Crippen molar-refractivity contribution in [1.29, 1.82) is 0 Å². The van der Waals surface area contributed by atoms with Crippen molar-refractivity contribution in [2.75, 3.05) is 14.2 Å². The number of hydrogen-bond acceptors (Lipinski definition) is 6. The molecule has 2 rings (SSSR count). The minimum atomic E-state index is -0.757. The van der Waals surface area contributed by atoms with Crippen LogP contribution in [0.2, 0.25) is 0 Å². The van der Waals surface area contributed by atoms with Gasteiger partial charge in [-0.3, -0.25) is 9.59 Å². The Bertz CT molecular complexity index is 900. The van der Waals surface area contributed by atoms with Gasteiger partial charge in [-0.2, -0.15) is 5.10 Å². The number of nitrogens with one attached hydrogen (secondary N) is 2. The highest BCUT2D eigenvalue weighted by Gasteiger charge is 2.15. The molecule has 0 radical (unpaired) electrons. The molecule has 0 aromatic heterocycles. The molecule has 154 valence electrons. The molecule has 2 aromatic carbocycles. The molecule has 8 nitrogen and oxygen atoms in total. The molecule has 0 saturated carbocycles. The Labute approximate surface area is 182 Å². The van der Waals surface area contributed by atoms with Gasteiger partial charge in [0.1, 0.15) is 11.8 Å². The smallest absolute Gasteiger partial charge is 0.262 e. The van der Waals surface area contributed by atoms with Crippen molar-refractivity contribution in [3.8, 4) is 17.2 Å². The van der Waals surface area contributed by atoms with Crippen LogP contribution in [0.1, 0.15) is 18.1 Å². The molecule has 0 spiro atoms. The summed E-state index contributed by atoms with van der Waals surface area (Å²) < 4.78 is 10.7. The minimum absolute atomic E-state index is 0.0440. The van der Waals surface area contributed by atoms with Crippen LogP contribution in [0.15, 0.2) is 41.5 Å². The van der Waals surface area contributed by atoms with E-state index in [-0.39, 0.29) is 18.1 Å². The maximum Gasteiger partial charge on any atom is 0.262 e. The molecule has 2 amide bonds. The number of phenols is 1. The van der Waals surface area contributed by atoms with Gasteiger partial charge in [0.25, 0.3) is 5.91 Å². The van der Waals surface area contributed by atoms with Gasteiger partial charge in [0, 0.05) is 0 Å². The molecule has 0 bridgehead atoms. The van der Waals surface area contributed by atoms with Gasteiger partial charge in [-0.15, -0.1) is 0 Å². The zero-order valence-electron chi connectivity index (χ0n) is 16.2. The summed E-state index contributed by atoms with van der Waals surface area (Å²) in [4.78, 5) is 24.2. The molecule has 0 aliphatic carbocycles. The maximum absolute atomic E-state index is 12.1. The summed E-state index contributed by atoms with van der Waals surface area (Å²) in [5, 5.41) is 16.3. The summed E-state index contributed by atoms with van der Waals surface area (Å²) >= 11 is 1.97. The van der Waals surface area contributed by atoms with Gasteiger partial charge < -0.3 is 19.9 Å². The molecular formula is C20H22IN3O5. The van der Waals surface area contributed by atoms with Gasteiger partial charge in [-0.1, -0.05) is 12.1 Å². The number of carbonyl (C=O) groups excluding carboxylic acids is 2. The summed E-state index contributed by atoms with van der Waals surface area (Å²) in [7, 11) is 3.02. The fraction of sp³-hybridized carbons (Fsp3) is 0.250. The Morgan fingerprint density at radius 1 is 1.21 bits per heavy atom. The van der Waals surface area contributed by atoms with Crippen molar-refractivity contribution >= 4 is 40.6 Å². The minimum Gasteiger partial charge on any atom is -0.504 e. The second-order valence-corrected chi connectivity index (χ2v) is 7.26. The number of ether oxygens (including phenoxy) is 2. The number of methoxy groups -OCH3 is 2. The van der Waals surface area contributed by atoms with Gasteiger partial charge in [0.05, 0.1) is 30.4 Å². The van der Waals surface area contributed by atoms with E-state index in [1.54, 1.807) is 50.4 Å². The van der Waals surface area contributed by atoms with E-state index in [4.69, 9.17) is 9.47 Å². The number of carbonyl (C=O) groups is 2. The molecule has 9 heteroatoms. The normalized spacial score (nSPS) is 11.7. The van der Waals surface area contributed by atoms with Crippen molar-refractivity contribution < 1.29 is 24.2 Å². The predicted octanol–water partition coefficient (Wildman–Crippen LogP) is 2.21. The SMILES string of the molecule is COc1ccc(CC(=O)NC(C)C(=O)NN=Cc2cc(I)c(O)c(OC)c2)cc1. The van der Waals surface area contributed by atoms with Gasteiger partial charge in [-0.25, -0.2) is 5.43 Å². The Kier molecular flexibility index (Phi) is 8.25. The number of rotatable bonds is 8. The molecular weight excluding hydrogens is 489 g/mol. The molecule has 0 aliphatic rings. The standard InChI is InChI=1S/C20H22IN3O5/c1-12(23-18(25)10-13-4-6-15(28-2)7-5-13)20(27)24-22-11-14-8-16(21)19(26)17(9-14)29-3/h4-9,11-12,26H,10H2,1-3H3,(H,23,25)(H,24,27). The van der Waals surface area contributed by atoms with Crippen LogP contribution in [0.25, 0.3) is 0 Å². The first kappa shape index (κ1) is 22.5. The first-order valence-corrected chi connectivity index (χ1v) is 9.73. The van der Waals surface area contributed by atoms with Crippen LogP contribution in [0.4, 0.5) is 0 Å². The quantitative estimate of drug-likeness (QED) is 0.286. The molecule has 0 aliphatic heterocycles. The number of nitrogens with zero attached hydrogens (tertiary/aromatic N) is 1. The van der Waals surface area contributed by atoms with Crippen molar-refractivity contribution in [2.24, 2.45) is 5.10 Å². The van der Waals surface area contributed by atoms with Crippen LogP contribution in [0.3, 0.4) is 0 Å². The zero-order chi connectivity index (χ0) is 21.4. The van der Waals surface area contributed by atoms with Crippen LogP contribution in [0.5, 0.6) is 17.2 Å². The molecule has 0 fully saturated rings. The number of benzene rings is 2. The maximum atomic E-state index is 12.1. The first-order valence-electron chi connectivity index (χ1n) is 8.65. The second kappa shape index (κ2) is 10.6. The molecule has 1 atom stereocenters. The summed E-state index contributed by atoms with van der Waals surface area (Å²) in [6, 6.07) is 9.65. The Morgan fingerprint density at radius 2 is 1.90 bits per heavy atom. The summed E-state index contributed by atoms with van der Waals surface area (Å²) in [6.07, 6.45) is 1.57. The lowest BCUT2D eigenvalue weighted by Crippen LogP contribution is -2.43. The zero-order valence-corrected chi connectivity index (χ0v) is 18.4. The topological polar surface area (TPSA) is 109 Å². The fourth-order valence-corrected chi connectivity index (χ4v) is 3.00. The number of aromatic hydroxyl groups is 1. The van der Waals surface area contributed by atoms with E-state index in [9.17, 15) is 14.7 Å². The van der Waals surface area contributed by atoms with Crippen LogP contribution < -0.4 is 20.2 Å². The molecule has 0 heterocycles. The van der Waals surface area contributed by atoms with Crippen molar-refractivity contribution in [3.05, 3.63) is 51.1 Å². The van der Waals surface area contributed by atoms with Crippen LogP contribution >= 0.6 is 22.6 Å². The van der Waals surface area contributed by atoms with Crippen LogP contribution in [-0.4, -0.2) is 43.4 Å². The highest BCUT2D eigenvalue weighted by atomic mass is 127. The third-order valence-electron chi connectivity index (χ3n) is 3.95. The monoisotopic (exact) mass is 511 g/mol. The number of phenolic OH excluding ortho intramolecular Hbond substituents is 1. The highest BCUT2D eigenvalue weighted by molar-refractivity contribution is 14.1. The summed E-state index contributed by atoms with van der Waals surface area (Å²) in [5.41, 5.74) is 3.83. The highest BCUT2D eigenvalue weighted by Crippen LogP contribution is 2.31. The number of halogens is 1. The Morgan fingerprint density at radius 3 is 2.52 bits per heavy atom. The summed E-state index contributed by atoms with van der Waals surface area (Å²) in [5.74, 6) is 0.330. The lowest BCUT2D eigenvalue weighted by Gasteiger charge is -2.12.